The number of anilines is 1. The van der Waals surface area contributed by atoms with Crippen LogP contribution in [0.15, 0.2) is 58.8 Å². The van der Waals surface area contributed by atoms with E-state index in [-0.39, 0.29) is 17.2 Å². The van der Waals surface area contributed by atoms with E-state index in [1.165, 1.54) is 23.5 Å². The number of nitrogens with one attached hydrogen (secondary N) is 2. The summed E-state index contributed by atoms with van der Waals surface area (Å²) in [4.78, 5) is 16.9. The fraction of sp³-hybridized carbons (Fsp3) is 0.273. The van der Waals surface area contributed by atoms with E-state index in [9.17, 15) is 13.2 Å². The summed E-state index contributed by atoms with van der Waals surface area (Å²) in [6.07, 6.45) is 0. The van der Waals surface area contributed by atoms with E-state index < -0.39 is 21.5 Å². The molecule has 1 heterocycles. The third-order valence-electron chi connectivity index (χ3n) is 4.01. The standard InChI is InChI=1S/C22H25N3O4S2/c1-15-8-10-17(11-9-15)29-13-20-24-19(14-30-20)21(26)23-16-6-5-7-18(12-16)31(27,28)25-22(2,3)4/h5-12,14,25H,13H2,1-4H3,(H,23,26). The number of carbonyl (C=O) groups is 1. The molecule has 2 aromatic carbocycles. The molecule has 7 nitrogen and oxygen atoms in total. The van der Waals surface area contributed by atoms with Crippen LogP contribution in [0.3, 0.4) is 0 Å². The third kappa shape index (κ3) is 6.61. The summed E-state index contributed by atoms with van der Waals surface area (Å²) >= 11 is 1.32. The normalized spacial score (nSPS) is 11.9. The molecule has 0 atom stereocenters. The number of amides is 1. The van der Waals surface area contributed by atoms with Crippen LogP contribution in [0.1, 0.15) is 41.8 Å². The van der Waals surface area contributed by atoms with Crippen LogP contribution in [-0.4, -0.2) is 24.8 Å². The Bertz CT molecular complexity index is 1160. The van der Waals surface area contributed by atoms with Crippen LogP contribution in [0.4, 0.5) is 5.69 Å². The molecule has 0 aliphatic heterocycles. The number of sulfonamides is 1. The molecule has 0 fully saturated rings. The molecule has 0 bridgehead atoms. The minimum Gasteiger partial charge on any atom is -0.486 e. The molecule has 0 saturated carbocycles. The van der Waals surface area contributed by atoms with E-state index >= 15 is 0 Å². The van der Waals surface area contributed by atoms with Gasteiger partial charge in [-0.05, 0) is 58.0 Å². The van der Waals surface area contributed by atoms with Crippen LogP contribution in [-0.2, 0) is 16.6 Å². The average molecular weight is 460 g/mol. The number of hydrogen-bond donors (Lipinski definition) is 2. The summed E-state index contributed by atoms with van der Waals surface area (Å²) < 4.78 is 33.3. The fourth-order valence-electron chi connectivity index (χ4n) is 2.66. The Morgan fingerprint density at radius 1 is 1.13 bits per heavy atom. The highest BCUT2D eigenvalue weighted by atomic mass is 32.2. The van der Waals surface area contributed by atoms with Crippen molar-refractivity contribution in [3.63, 3.8) is 0 Å². The highest BCUT2D eigenvalue weighted by Gasteiger charge is 2.22. The molecular formula is C22H25N3O4S2. The molecular weight excluding hydrogens is 434 g/mol. The number of rotatable bonds is 7. The van der Waals surface area contributed by atoms with Crippen LogP contribution in [0.2, 0.25) is 0 Å². The first kappa shape index (κ1) is 22.9. The van der Waals surface area contributed by atoms with Crippen LogP contribution >= 0.6 is 11.3 Å². The zero-order chi connectivity index (χ0) is 22.6. The summed E-state index contributed by atoms with van der Waals surface area (Å²) in [5.74, 6) is 0.310. The van der Waals surface area contributed by atoms with Crippen LogP contribution in [0, 0.1) is 6.92 Å². The third-order valence-corrected chi connectivity index (χ3v) is 6.59. The number of aromatic nitrogens is 1. The minimum atomic E-state index is -3.70. The second kappa shape index (κ2) is 9.17. The molecule has 2 N–H and O–H groups in total. The van der Waals surface area contributed by atoms with Crippen LogP contribution in [0.25, 0.3) is 0 Å². The lowest BCUT2D eigenvalue weighted by molar-refractivity contribution is 0.102. The number of carbonyl (C=O) groups excluding carboxylic acids is 1. The molecule has 9 heteroatoms. The molecule has 0 aliphatic carbocycles. The smallest absolute Gasteiger partial charge is 0.275 e. The quantitative estimate of drug-likeness (QED) is 0.547. The van der Waals surface area contributed by atoms with Gasteiger partial charge in [0.05, 0.1) is 4.90 Å². The van der Waals surface area contributed by atoms with Crippen molar-refractivity contribution in [1.82, 2.24) is 9.71 Å². The molecule has 1 aromatic heterocycles. The van der Waals surface area contributed by atoms with Crippen molar-refractivity contribution in [1.29, 1.82) is 0 Å². The number of aryl methyl sites for hydroxylation is 1. The SMILES string of the molecule is Cc1ccc(OCc2nc(C(=O)Nc3cccc(S(=O)(=O)NC(C)(C)C)c3)cs2)cc1. The van der Waals surface area contributed by atoms with Gasteiger partial charge in [-0.1, -0.05) is 23.8 Å². The number of nitrogens with zero attached hydrogens (tertiary/aromatic N) is 1. The largest absolute Gasteiger partial charge is 0.486 e. The molecule has 3 rings (SSSR count). The maximum atomic E-state index is 12.6. The van der Waals surface area contributed by atoms with Gasteiger partial charge in [0, 0.05) is 16.6 Å². The van der Waals surface area contributed by atoms with Gasteiger partial charge in [0.15, 0.2) is 0 Å². The summed E-state index contributed by atoms with van der Waals surface area (Å²) in [6, 6.07) is 13.8. The van der Waals surface area contributed by atoms with Gasteiger partial charge in [-0.25, -0.2) is 18.1 Å². The lowest BCUT2D eigenvalue weighted by Gasteiger charge is -2.20. The summed E-state index contributed by atoms with van der Waals surface area (Å²) in [5.41, 5.74) is 1.14. The zero-order valence-corrected chi connectivity index (χ0v) is 19.4. The van der Waals surface area contributed by atoms with Gasteiger partial charge in [-0.3, -0.25) is 4.79 Å². The van der Waals surface area contributed by atoms with E-state index in [2.05, 4.69) is 15.0 Å². The van der Waals surface area contributed by atoms with Crippen molar-refractivity contribution in [2.75, 3.05) is 5.32 Å². The van der Waals surface area contributed by atoms with Crippen LogP contribution < -0.4 is 14.8 Å². The highest BCUT2D eigenvalue weighted by molar-refractivity contribution is 7.89. The van der Waals surface area contributed by atoms with Gasteiger partial charge in [-0.15, -0.1) is 11.3 Å². The molecule has 164 valence electrons. The van der Waals surface area contributed by atoms with E-state index in [4.69, 9.17) is 4.74 Å². The van der Waals surface area contributed by atoms with Gasteiger partial charge in [0.2, 0.25) is 10.0 Å². The number of thiazole rings is 1. The van der Waals surface area contributed by atoms with E-state index in [0.29, 0.717) is 10.7 Å². The first-order valence-corrected chi connectivity index (χ1v) is 12.0. The fourth-order valence-corrected chi connectivity index (χ4v) is 4.81. The summed E-state index contributed by atoms with van der Waals surface area (Å²) in [7, 11) is -3.70. The molecule has 0 spiro atoms. The van der Waals surface area contributed by atoms with Crippen molar-refractivity contribution in [2.45, 2.75) is 44.7 Å². The lowest BCUT2D eigenvalue weighted by Crippen LogP contribution is -2.40. The molecule has 1 amide bonds. The topological polar surface area (TPSA) is 97.4 Å². The van der Waals surface area contributed by atoms with Gasteiger partial charge in [-0.2, -0.15) is 0 Å². The summed E-state index contributed by atoms with van der Waals surface area (Å²) in [6.45, 7) is 7.55. The number of ether oxygens (including phenoxy) is 1. The van der Waals surface area contributed by atoms with E-state index in [1.54, 1.807) is 38.3 Å². The minimum absolute atomic E-state index is 0.0747. The van der Waals surface area contributed by atoms with Gasteiger partial charge < -0.3 is 10.1 Å². The Balaban J connectivity index is 1.65. The Morgan fingerprint density at radius 3 is 2.52 bits per heavy atom. The number of benzene rings is 2. The van der Waals surface area contributed by atoms with Gasteiger partial charge in [0.25, 0.3) is 5.91 Å². The Kier molecular flexibility index (Phi) is 6.78. The molecule has 31 heavy (non-hydrogen) atoms. The molecule has 3 aromatic rings. The van der Waals surface area contributed by atoms with Gasteiger partial charge >= 0.3 is 0 Å². The maximum absolute atomic E-state index is 12.6. The Hall–Kier alpha value is -2.75. The second-order valence-electron chi connectivity index (χ2n) is 8.07. The van der Waals surface area contributed by atoms with Crippen molar-refractivity contribution >= 4 is 33.0 Å². The van der Waals surface area contributed by atoms with E-state index in [1.807, 2.05) is 31.2 Å². The van der Waals surface area contributed by atoms with Crippen LogP contribution in [0.5, 0.6) is 5.75 Å². The molecule has 0 saturated heterocycles. The second-order valence-corrected chi connectivity index (χ2v) is 10.7. The zero-order valence-electron chi connectivity index (χ0n) is 17.8. The Morgan fingerprint density at radius 2 is 1.84 bits per heavy atom. The highest BCUT2D eigenvalue weighted by Crippen LogP contribution is 2.20. The molecule has 0 radical (unpaired) electrons. The molecule has 0 unspecified atom stereocenters. The molecule has 0 aliphatic rings. The first-order valence-electron chi connectivity index (χ1n) is 9.61. The van der Waals surface area contributed by atoms with Gasteiger partial charge in [0.1, 0.15) is 23.1 Å². The predicted octanol–water partition coefficient (Wildman–Crippen LogP) is 4.36. The van der Waals surface area contributed by atoms with Crippen molar-refractivity contribution < 1.29 is 17.9 Å². The first-order chi connectivity index (χ1) is 14.5. The monoisotopic (exact) mass is 459 g/mol. The van der Waals surface area contributed by atoms with E-state index in [0.717, 1.165) is 11.3 Å². The average Bonchev–Trinajstić information content (AvgIpc) is 3.15. The number of hydrogen-bond acceptors (Lipinski definition) is 6. The van der Waals surface area contributed by atoms with Crippen molar-refractivity contribution in [3.05, 3.63) is 70.2 Å². The predicted molar refractivity (Wildman–Crippen MR) is 122 cm³/mol. The summed E-state index contributed by atoms with van der Waals surface area (Å²) in [5, 5.41) is 5.01. The van der Waals surface area contributed by atoms with Crippen molar-refractivity contribution in [2.24, 2.45) is 0 Å². The maximum Gasteiger partial charge on any atom is 0.275 e. The lowest BCUT2D eigenvalue weighted by atomic mass is 10.1. The van der Waals surface area contributed by atoms with Crippen molar-refractivity contribution in [3.8, 4) is 5.75 Å². The Labute approximate surface area is 186 Å².